The van der Waals surface area contributed by atoms with E-state index in [2.05, 4.69) is 15.0 Å². The number of anilines is 1. The molecule has 1 aliphatic rings. The van der Waals surface area contributed by atoms with Crippen LogP contribution in [0, 0.1) is 0 Å². The molecule has 0 bridgehead atoms. The lowest BCUT2D eigenvalue weighted by Gasteiger charge is -2.23. The zero-order chi connectivity index (χ0) is 28.0. The van der Waals surface area contributed by atoms with Gasteiger partial charge in [0.25, 0.3) is 5.91 Å². The van der Waals surface area contributed by atoms with Gasteiger partial charge in [-0.05, 0) is 42.7 Å². The van der Waals surface area contributed by atoms with Crippen LogP contribution in [0.25, 0.3) is 0 Å². The average molecular weight is 594 g/mol. The molecule has 1 saturated heterocycles. The van der Waals surface area contributed by atoms with Gasteiger partial charge in [-0.15, -0.1) is 11.3 Å². The highest BCUT2D eigenvalue weighted by atomic mass is 35.5. The molecule has 2 amide bonds. The molecule has 11 nitrogen and oxygen atoms in total. The predicted molar refractivity (Wildman–Crippen MR) is 146 cm³/mol. The van der Waals surface area contributed by atoms with Gasteiger partial charge in [0.05, 0.1) is 27.0 Å². The van der Waals surface area contributed by atoms with Crippen molar-refractivity contribution in [2.45, 2.75) is 43.7 Å². The number of hydrogen-bond donors (Lipinski definition) is 2. The van der Waals surface area contributed by atoms with Gasteiger partial charge in [0, 0.05) is 37.6 Å². The molecular weight excluding hydrogens is 566 g/mol. The Morgan fingerprint density at radius 1 is 1.26 bits per heavy atom. The summed E-state index contributed by atoms with van der Waals surface area (Å²) >= 11 is 6.97. The number of carbonyl (C=O) groups excluding carboxylic acids is 3. The monoisotopic (exact) mass is 593 g/mol. The lowest BCUT2D eigenvalue weighted by Crippen LogP contribution is -2.49. The van der Waals surface area contributed by atoms with E-state index in [0.717, 1.165) is 11.3 Å². The van der Waals surface area contributed by atoms with E-state index in [1.165, 1.54) is 12.1 Å². The molecule has 14 heteroatoms. The molecule has 208 valence electrons. The van der Waals surface area contributed by atoms with E-state index in [-0.39, 0.29) is 24.0 Å². The first kappa shape index (κ1) is 28.7. The van der Waals surface area contributed by atoms with E-state index < -0.39 is 27.9 Å². The van der Waals surface area contributed by atoms with E-state index in [4.69, 9.17) is 16.3 Å². The predicted octanol–water partition coefficient (Wildman–Crippen LogP) is 2.61. The lowest BCUT2D eigenvalue weighted by molar-refractivity contribution is -0.145. The standard InChI is InChI=1S/C25H28ClN5O6S2/c1-2-17-19(31-11-4-7-23(31)32)5-3-6-21(17)39(35,36)29-18(15-28-24(33)20-8-9-22(26)38-20)25(34)37-14-13-30-12-10-27-16-30/h3,5-6,8-10,12,16,18,29H,2,4,7,11,13-15H2,1H3,(H,28,33)/t18-/m0/s1. The van der Waals surface area contributed by atoms with Crippen LogP contribution in [0.3, 0.4) is 0 Å². The number of thiophene rings is 1. The number of aromatic nitrogens is 2. The summed E-state index contributed by atoms with van der Waals surface area (Å²) in [7, 11) is -4.27. The molecule has 0 spiro atoms. The van der Waals surface area contributed by atoms with Crippen LogP contribution in [0.15, 0.2) is 53.9 Å². The summed E-state index contributed by atoms with van der Waals surface area (Å²) in [6, 6.07) is 6.39. The van der Waals surface area contributed by atoms with Crippen molar-refractivity contribution >= 4 is 56.4 Å². The average Bonchev–Trinajstić information content (AvgIpc) is 3.68. The molecule has 1 aliphatic heterocycles. The number of halogens is 1. The number of carbonyl (C=O) groups is 3. The molecule has 1 atom stereocenters. The molecule has 0 saturated carbocycles. The number of esters is 1. The molecule has 39 heavy (non-hydrogen) atoms. The number of ether oxygens (including phenoxy) is 1. The number of hydrogen-bond acceptors (Lipinski definition) is 8. The Kier molecular flexibility index (Phi) is 9.38. The van der Waals surface area contributed by atoms with Crippen molar-refractivity contribution in [2.75, 3.05) is 24.6 Å². The van der Waals surface area contributed by atoms with Crippen molar-refractivity contribution in [3.05, 3.63) is 63.8 Å². The van der Waals surface area contributed by atoms with Gasteiger partial charge < -0.3 is 19.5 Å². The summed E-state index contributed by atoms with van der Waals surface area (Å²) in [4.78, 5) is 43.7. The maximum atomic E-state index is 13.6. The van der Waals surface area contributed by atoms with E-state index in [0.29, 0.717) is 52.8 Å². The Morgan fingerprint density at radius 2 is 2.08 bits per heavy atom. The summed E-state index contributed by atoms with van der Waals surface area (Å²) in [5, 5.41) is 2.58. The minimum Gasteiger partial charge on any atom is -0.463 e. The van der Waals surface area contributed by atoms with Gasteiger partial charge in [-0.3, -0.25) is 14.4 Å². The first-order chi connectivity index (χ1) is 18.7. The summed E-state index contributed by atoms with van der Waals surface area (Å²) in [5.41, 5.74) is 0.995. The normalized spacial score (nSPS) is 14.4. The molecule has 0 radical (unpaired) electrons. The van der Waals surface area contributed by atoms with Gasteiger partial charge in [0.1, 0.15) is 12.6 Å². The van der Waals surface area contributed by atoms with E-state index >= 15 is 0 Å². The van der Waals surface area contributed by atoms with Crippen molar-refractivity contribution in [2.24, 2.45) is 0 Å². The van der Waals surface area contributed by atoms with Crippen molar-refractivity contribution in [3.8, 4) is 0 Å². The largest absolute Gasteiger partial charge is 0.463 e. The van der Waals surface area contributed by atoms with Crippen molar-refractivity contribution in [1.29, 1.82) is 0 Å². The second kappa shape index (κ2) is 12.7. The van der Waals surface area contributed by atoms with Crippen molar-refractivity contribution in [1.82, 2.24) is 19.6 Å². The Labute approximate surface area is 235 Å². The van der Waals surface area contributed by atoms with Gasteiger partial charge in [-0.1, -0.05) is 24.6 Å². The van der Waals surface area contributed by atoms with Gasteiger partial charge in [-0.25, -0.2) is 13.4 Å². The number of amides is 2. The Morgan fingerprint density at radius 3 is 2.72 bits per heavy atom. The van der Waals surface area contributed by atoms with E-state index in [1.54, 1.807) is 53.3 Å². The fraction of sp³-hybridized carbons (Fsp3) is 0.360. The molecule has 3 heterocycles. The van der Waals surface area contributed by atoms with Crippen LogP contribution in [0.4, 0.5) is 5.69 Å². The SMILES string of the molecule is CCc1c(N2CCCC2=O)cccc1S(=O)(=O)N[C@@H](CNC(=O)c1ccc(Cl)s1)C(=O)OCCn1ccnc1. The van der Waals surface area contributed by atoms with Gasteiger partial charge in [-0.2, -0.15) is 4.72 Å². The molecule has 1 fully saturated rings. The summed E-state index contributed by atoms with van der Waals surface area (Å²) in [5.74, 6) is -1.43. The molecule has 0 aliphatic carbocycles. The van der Waals surface area contributed by atoms with Gasteiger partial charge in [0.2, 0.25) is 15.9 Å². The third-order valence-electron chi connectivity index (χ3n) is 6.11. The molecule has 3 aromatic rings. The first-order valence-electron chi connectivity index (χ1n) is 12.3. The molecule has 2 N–H and O–H groups in total. The quantitative estimate of drug-likeness (QED) is 0.308. The smallest absolute Gasteiger partial charge is 0.326 e. The Balaban J connectivity index is 1.55. The number of benzene rings is 1. The van der Waals surface area contributed by atoms with Crippen LogP contribution in [-0.4, -0.2) is 61.5 Å². The lowest BCUT2D eigenvalue weighted by atomic mass is 10.1. The zero-order valence-electron chi connectivity index (χ0n) is 21.1. The van der Waals surface area contributed by atoms with Crippen LogP contribution in [-0.2, 0) is 37.3 Å². The van der Waals surface area contributed by atoms with Crippen LogP contribution in [0.1, 0.15) is 35.0 Å². The maximum Gasteiger partial charge on any atom is 0.326 e. The van der Waals surface area contributed by atoms with Crippen LogP contribution >= 0.6 is 22.9 Å². The number of sulfonamides is 1. The second-order valence-corrected chi connectivity index (χ2v) is 12.1. The highest BCUT2D eigenvalue weighted by Gasteiger charge is 2.31. The maximum absolute atomic E-state index is 13.6. The molecule has 2 aromatic heterocycles. The Hall–Kier alpha value is -3.26. The minimum atomic E-state index is -4.27. The van der Waals surface area contributed by atoms with Crippen LogP contribution in [0.5, 0.6) is 0 Å². The number of nitrogens with one attached hydrogen (secondary N) is 2. The fourth-order valence-corrected chi connectivity index (χ4v) is 6.70. The molecule has 0 unspecified atom stereocenters. The zero-order valence-corrected chi connectivity index (χ0v) is 23.5. The summed E-state index contributed by atoms with van der Waals surface area (Å²) < 4.78 is 37.0. The number of imidazole rings is 1. The van der Waals surface area contributed by atoms with Crippen LogP contribution < -0.4 is 14.9 Å². The highest BCUT2D eigenvalue weighted by Crippen LogP contribution is 2.31. The number of rotatable bonds is 12. The first-order valence-corrected chi connectivity index (χ1v) is 15.0. The number of nitrogens with zero attached hydrogens (tertiary/aromatic N) is 3. The van der Waals surface area contributed by atoms with Crippen LogP contribution in [0.2, 0.25) is 4.34 Å². The summed E-state index contributed by atoms with van der Waals surface area (Å²) in [6.07, 6.45) is 6.28. The third-order valence-corrected chi connectivity index (χ3v) is 8.90. The van der Waals surface area contributed by atoms with Crippen molar-refractivity contribution in [3.63, 3.8) is 0 Å². The van der Waals surface area contributed by atoms with Gasteiger partial charge in [0.15, 0.2) is 0 Å². The molecule has 1 aromatic carbocycles. The highest BCUT2D eigenvalue weighted by molar-refractivity contribution is 7.89. The van der Waals surface area contributed by atoms with Gasteiger partial charge >= 0.3 is 5.97 Å². The molecule has 4 rings (SSSR count). The summed E-state index contributed by atoms with van der Waals surface area (Å²) in [6.45, 7) is 2.23. The van der Waals surface area contributed by atoms with E-state index in [1.807, 2.05) is 0 Å². The topological polar surface area (TPSA) is 140 Å². The minimum absolute atomic E-state index is 0.0331. The Bertz CT molecular complexity index is 1440. The third kappa shape index (κ3) is 7.04. The van der Waals surface area contributed by atoms with Crippen molar-refractivity contribution < 1.29 is 27.5 Å². The fourth-order valence-electron chi connectivity index (χ4n) is 4.23. The second-order valence-electron chi connectivity index (χ2n) is 8.71. The molecular formula is C25H28ClN5O6S2. The van der Waals surface area contributed by atoms with E-state index in [9.17, 15) is 22.8 Å².